The number of hydrogen-bond acceptors (Lipinski definition) is 2. The van der Waals surface area contributed by atoms with E-state index in [9.17, 15) is 0 Å². The van der Waals surface area contributed by atoms with Gasteiger partial charge in [-0.05, 0) is 32.1 Å². The average molecular weight is 170 g/mol. The van der Waals surface area contributed by atoms with E-state index in [1.165, 1.54) is 19.3 Å². The van der Waals surface area contributed by atoms with Crippen molar-refractivity contribution in [2.24, 2.45) is 11.8 Å². The summed E-state index contributed by atoms with van der Waals surface area (Å²) >= 11 is 0. The predicted molar refractivity (Wildman–Crippen MR) is 46.8 cm³/mol. The van der Waals surface area contributed by atoms with Gasteiger partial charge in [-0.2, -0.15) is 0 Å². The first kappa shape index (κ1) is 8.52. The summed E-state index contributed by atoms with van der Waals surface area (Å²) in [6.07, 6.45) is 4.30. The summed E-state index contributed by atoms with van der Waals surface area (Å²) in [6.45, 7) is 5.28. The first-order valence-electron chi connectivity index (χ1n) is 5.03. The van der Waals surface area contributed by atoms with Crippen LogP contribution in [0.1, 0.15) is 33.1 Å². The van der Waals surface area contributed by atoms with Crippen molar-refractivity contribution < 1.29 is 9.47 Å². The molecule has 2 heteroatoms. The van der Waals surface area contributed by atoms with E-state index in [-0.39, 0.29) is 6.29 Å². The van der Waals surface area contributed by atoms with Crippen LogP contribution in [0.4, 0.5) is 0 Å². The summed E-state index contributed by atoms with van der Waals surface area (Å²) in [5.41, 5.74) is 0. The van der Waals surface area contributed by atoms with Gasteiger partial charge in [0.15, 0.2) is 6.29 Å². The third-order valence-corrected chi connectivity index (χ3v) is 2.95. The molecule has 0 N–H and O–H groups in total. The Kier molecular flexibility index (Phi) is 2.37. The van der Waals surface area contributed by atoms with Crippen molar-refractivity contribution in [2.75, 3.05) is 6.61 Å². The van der Waals surface area contributed by atoms with Crippen LogP contribution >= 0.6 is 0 Å². The van der Waals surface area contributed by atoms with E-state index in [4.69, 9.17) is 9.47 Å². The van der Waals surface area contributed by atoms with E-state index in [2.05, 4.69) is 13.8 Å². The van der Waals surface area contributed by atoms with E-state index in [0.717, 1.165) is 12.5 Å². The second-order valence-electron chi connectivity index (χ2n) is 4.33. The fraction of sp³-hybridized carbons (Fsp3) is 1.00. The lowest BCUT2D eigenvalue weighted by molar-refractivity contribution is -0.243. The van der Waals surface area contributed by atoms with Crippen molar-refractivity contribution in [3.63, 3.8) is 0 Å². The lowest BCUT2D eigenvalue weighted by atomic mass is 9.87. The van der Waals surface area contributed by atoms with E-state index in [1.54, 1.807) is 0 Å². The van der Waals surface area contributed by atoms with Crippen molar-refractivity contribution in [3.8, 4) is 0 Å². The molecule has 2 aliphatic rings. The van der Waals surface area contributed by atoms with Gasteiger partial charge in [-0.3, -0.25) is 0 Å². The molecule has 0 aromatic carbocycles. The Morgan fingerprint density at radius 3 is 2.83 bits per heavy atom. The molecule has 70 valence electrons. The van der Waals surface area contributed by atoms with Crippen molar-refractivity contribution in [2.45, 2.75) is 45.5 Å². The summed E-state index contributed by atoms with van der Waals surface area (Å²) in [4.78, 5) is 0. The highest BCUT2D eigenvalue weighted by Crippen LogP contribution is 2.34. The van der Waals surface area contributed by atoms with Crippen LogP contribution in [-0.4, -0.2) is 19.0 Å². The predicted octanol–water partition coefficient (Wildman–Crippen LogP) is 2.18. The Labute approximate surface area is 74.2 Å². The van der Waals surface area contributed by atoms with E-state index in [1.807, 2.05) is 0 Å². The van der Waals surface area contributed by atoms with Crippen molar-refractivity contribution in [1.29, 1.82) is 0 Å². The monoisotopic (exact) mass is 170 g/mol. The Hall–Kier alpha value is -0.0800. The largest absolute Gasteiger partial charge is 0.352 e. The quantitative estimate of drug-likeness (QED) is 0.555. The molecular weight excluding hydrogens is 152 g/mol. The topological polar surface area (TPSA) is 18.5 Å². The SMILES string of the molecule is CC1COC2OC(C)CCC2C1. The summed E-state index contributed by atoms with van der Waals surface area (Å²) < 4.78 is 11.4. The van der Waals surface area contributed by atoms with E-state index < -0.39 is 0 Å². The molecule has 2 nitrogen and oxygen atoms in total. The lowest BCUT2D eigenvalue weighted by Gasteiger charge is -2.40. The molecule has 4 atom stereocenters. The number of hydrogen-bond donors (Lipinski definition) is 0. The Bertz CT molecular complexity index is 140. The molecule has 2 fully saturated rings. The number of ether oxygens (including phenoxy) is 2. The van der Waals surface area contributed by atoms with Crippen LogP contribution in [0.15, 0.2) is 0 Å². The molecule has 0 spiro atoms. The molecular formula is C10H18O2. The van der Waals surface area contributed by atoms with Gasteiger partial charge in [0.05, 0.1) is 12.7 Å². The third-order valence-electron chi connectivity index (χ3n) is 2.95. The summed E-state index contributed by atoms with van der Waals surface area (Å²) in [5, 5.41) is 0. The maximum atomic E-state index is 5.72. The van der Waals surface area contributed by atoms with Gasteiger partial charge in [0.25, 0.3) is 0 Å². The fourth-order valence-electron chi connectivity index (χ4n) is 2.24. The zero-order valence-electron chi connectivity index (χ0n) is 7.95. The van der Waals surface area contributed by atoms with E-state index in [0.29, 0.717) is 12.0 Å². The first-order valence-corrected chi connectivity index (χ1v) is 5.03. The summed E-state index contributed by atoms with van der Waals surface area (Å²) in [5.74, 6) is 1.40. The normalized spacial score (nSPS) is 48.5. The molecule has 0 saturated carbocycles. The zero-order chi connectivity index (χ0) is 8.55. The van der Waals surface area contributed by atoms with Crippen LogP contribution in [-0.2, 0) is 9.47 Å². The number of rotatable bonds is 0. The molecule has 2 saturated heterocycles. The molecule has 2 rings (SSSR count). The third kappa shape index (κ3) is 1.64. The molecule has 0 aromatic rings. The van der Waals surface area contributed by atoms with Crippen LogP contribution in [0.5, 0.6) is 0 Å². The molecule has 12 heavy (non-hydrogen) atoms. The molecule has 0 amide bonds. The van der Waals surface area contributed by atoms with Crippen LogP contribution in [0.3, 0.4) is 0 Å². The van der Waals surface area contributed by atoms with Crippen LogP contribution in [0, 0.1) is 11.8 Å². The first-order chi connectivity index (χ1) is 5.75. The fourth-order valence-corrected chi connectivity index (χ4v) is 2.24. The van der Waals surface area contributed by atoms with Crippen LogP contribution in [0.25, 0.3) is 0 Å². The van der Waals surface area contributed by atoms with Gasteiger partial charge in [0, 0.05) is 5.92 Å². The standard InChI is InChI=1S/C10H18O2/c1-7-5-9-4-3-8(2)12-10(9)11-6-7/h7-10H,3-6H2,1-2H3. The molecule has 2 heterocycles. The van der Waals surface area contributed by atoms with Crippen LogP contribution in [0.2, 0.25) is 0 Å². The molecule has 4 unspecified atom stereocenters. The molecule has 2 aliphatic heterocycles. The molecule has 0 aromatic heterocycles. The van der Waals surface area contributed by atoms with Gasteiger partial charge in [0.2, 0.25) is 0 Å². The molecule has 0 bridgehead atoms. The highest BCUT2D eigenvalue weighted by atomic mass is 16.7. The van der Waals surface area contributed by atoms with Gasteiger partial charge in [-0.1, -0.05) is 6.92 Å². The second-order valence-corrected chi connectivity index (χ2v) is 4.33. The average Bonchev–Trinajstić information content (AvgIpc) is 2.05. The lowest BCUT2D eigenvalue weighted by Crippen LogP contribution is -2.41. The number of fused-ring (bicyclic) bond motifs is 1. The minimum Gasteiger partial charge on any atom is -0.352 e. The van der Waals surface area contributed by atoms with Gasteiger partial charge < -0.3 is 9.47 Å². The van der Waals surface area contributed by atoms with Crippen molar-refractivity contribution >= 4 is 0 Å². The van der Waals surface area contributed by atoms with E-state index >= 15 is 0 Å². The minimum absolute atomic E-state index is 0.116. The van der Waals surface area contributed by atoms with Gasteiger partial charge >= 0.3 is 0 Å². The van der Waals surface area contributed by atoms with Gasteiger partial charge in [-0.15, -0.1) is 0 Å². The zero-order valence-corrected chi connectivity index (χ0v) is 7.95. The maximum absolute atomic E-state index is 5.72. The smallest absolute Gasteiger partial charge is 0.160 e. The Morgan fingerprint density at radius 1 is 1.17 bits per heavy atom. The Balaban J connectivity index is 1.94. The second kappa shape index (κ2) is 3.35. The highest BCUT2D eigenvalue weighted by molar-refractivity contribution is 4.77. The summed E-state index contributed by atoms with van der Waals surface area (Å²) in [6, 6.07) is 0. The van der Waals surface area contributed by atoms with Crippen LogP contribution < -0.4 is 0 Å². The highest BCUT2D eigenvalue weighted by Gasteiger charge is 2.34. The minimum atomic E-state index is 0.116. The van der Waals surface area contributed by atoms with Gasteiger partial charge in [0.1, 0.15) is 0 Å². The van der Waals surface area contributed by atoms with Crippen molar-refractivity contribution in [1.82, 2.24) is 0 Å². The Morgan fingerprint density at radius 2 is 2.00 bits per heavy atom. The van der Waals surface area contributed by atoms with Crippen molar-refractivity contribution in [3.05, 3.63) is 0 Å². The maximum Gasteiger partial charge on any atom is 0.160 e. The van der Waals surface area contributed by atoms with Gasteiger partial charge in [-0.25, -0.2) is 0 Å². The molecule has 0 radical (unpaired) electrons. The molecule has 0 aliphatic carbocycles. The summed E-state index contributed by atoms with van der Waals surface area (Å²) in [7, 11) is 0.